The minimum absolute atomic E-state index is 0.108. The maximum atomic E-state index is 13.8. The molecule has 0 aromatic heterocycles. The summed E-state index contributed by atoms with van der Waals surface area (Å²) < 4.78 is 52.9. The maximum Gasteiger partial charge on any atom is 0.416 e. The van der Waals surface area contributed by atoms with Gasteiger partial charge in [0.1, 0.15) is 11.9 Å². The number of hydrogen-bond donors (Lipinski definition) is 1. The molecule has 1 fully saturated rings. The molecule has 35 heavy (non-hydrogen) atoms. The summed E-state index contributed by atoms with van der Waals surface area (Å²) in [6.45, 7) is 2.82. The third-order valence-corrected chi connectivity index (χ3v) is 6.16. The van der Waals surface area contributed by atoms with Crippen molar-refractivity contribution in [3.8, 4) is 0 Å². The zero-order chi connectivity index (χ0) is 25.6. The Kier molecular flexibility index (Phi) is 8.71. The average molecular weight is 494 g/mol. The molecule has 1 amide bonds. The van der Waals surface area contributed by atoms with E-state index in [9.17, 15) is 22.4 Å². The van der Waals surface area contributed by atoms with E-state index in [1.54, 1.807) is 14.1 Å². The van der Waals surface area contributed by atoms with Crippen LogP contribution in [0.4, 0.5) is 17.6 Å². The van der Waals surface area contributed by atoms with Crippen molar-refractivity contribution in [3.63, 3.8) is 0 Å². The Morgan fingerprint density at radius 1 is 1.11 bits per heavy atom. The van der Waals surface area contributed by atoms with Crippen molar-refractivity contribution in [2.24, 2.45) is 4.99 Å². The lowest BCUT2D eigenvalue weighted by molar-refractivity contribution is -0.138. The van der Waals surface area contributed by atoms with Gasteiger partial charge in [0.2, 0.25) is 5.91 Å². The Morgan fingerprint density at radius 2 is 1.77 bits per heavy atom. The van der Waals surface area contributed by atoms with E-state index >= 15 is 0 Å². The van der Waals surface area contributed by atoms with Crippen molar-refractivity contribution in [2.45, 2.75) is 18.6 Å². The minimum atomic E-state index is -4.63. The van der Waals surface area contributed by atoms with Crippen LogP contribution >= 0.6 is 0 Å². The molecule has 0 radical (unpaired) electrons. The molecule has 2 aromatic rings. The van der Waals surface area contributed by atoms with Gasteiger partial charge in [-0.3, -0.25) is 14.7 Å². The second kappa shape index (κ2) is 11.5. The SMILES string of the molecule is CN=C(NC)N1CCN(C(C(=O)N(C)CCc2cc(F)cc(C(F)(F)F)c2)c2ccccc2)CC1. The van der Waals surface area contributed by atoms with Crippen LogP contribution in [0.15, 0.2) is 53.5 Å². The van der Waals surface area contributed by atoms with Crippen LogP contribution in [0.5, 0.6) is 0 Å². The number of nitrogens with zero attached hydrogens (tertiary/aromatic N) is 4. The molecule has 6 nitrogen and oxygen atoms in total. The predicted molar refractivity (Wildman–Crippen MR) is 127 cm³/mol. The number of carbonyl (C=O) groups excluding carboxylic acids is 1. The largest absolute Gasteiger partial charge is 0.416 e. The molecular formula is C25H31F4N5O. The van der Waals surface area contributed by atoms with Crippen LogP contribution in [0, 0.1) is 5.82 Å². The lowest BCUT2D eigenvalue weighted by atomic mass is 10.0. The molecule has 1 aliphatic heterocycles. The van der Waals surface area contributed by atoms with Gasteiger partial charge in [0, 0.05) is 53.9 Å². The number of hydrogen-bond acceptors (Lipinski definition) is 3. The highest BCUT2D eigenvalue weighted by atomic mass is 19.4. The fourth-order valence-electron chi connectivity index (χ4n) is 4.32. The monoisotopic (exact) mass is 493 g/mol. The van der Waals surface area contributed by atoms with Crippen LogP contribution in [0.1, 0.15) is 22.7 Å². The van der Waals surface area contributed by atoms with Gasteiger partial charge in [-0.1, -0.05) is 30.3 Å². The van der Waals surface area contributed by atoms with Crippen molar-refractivity contribution < 1.29 is 22.4 Å². The first-order valence-corrected chi connectivity index (χ1v) is 11.4. The fourth-order valence-corrected chi connectivity index (χ4v) is 4.32. The molecule has 1 atom stereocenters. The summed E-state index contributed by atoms with van der Waals surface area (Å²) in [5.41, 5.74) is 0.0132. The lowest BCUT2D eigenvalue weighted by Crippen LogP contribution is -2.54. The van der Waals surface area contributed by atoms with Crippen LogP contribution in [-0.4, -0.2) is 80.4 Å². The van der Waals surface area contributed by atoms with E-state index in [0.29, 0.717) is 32.2 Å². The topological polar surface area (TPSA) is 51.2 Å². The minimum Gasteiger partial charge on any atom is -0.359 e. The van der Waals surface area contributed by atoms with Gasteiger partial charge < -0.3 is 15.1 Å². The Hall–Kier alpha value is -3.14. The standard InChI is InChI=1S/C25H31F4N5O/c1-30-24(31-2)34-13-11-33(12-14-34)22(19-7-5-4-6-8-19)23(35)32(3)10-9-18-15-20(25(27,28)29)17-21(26)16-18/h4-8,15-17,22H,9-14H2,1-3H3,(H,30,31). The second-order valence-corrected chi connectivity index (χ2v) is 8.49. The molecule has 0 spiro atoms. The molecule has 0 saturated carbocycles. The highest BCUT2D eigenvalue weighted by molar-refractivity contribution is 5.83. The zero-order valence-electron chi connectivity index (χ0n) is 20.1. The number of likely N-dealkylation sites (N-methyl/N-ethyl adjacent to an activating group) is 1. The number of halogens is 4. The number of benzene rings is 2. The maximum absolute atomic E-state index is 13.8. The Balaban J connectivity index is 1.73. The van der Waals surface area contributed by atoms with E-state index in [4.69, 9.17) is 0 Å². The van der Waals surface area contributed by atoms with Crippen LogP contribution < -0.4 is 5.32 Å². The van der Waals surface area contributed by atoms with Crippen molar-refractivity contribution in [1.82, 2.24) is 20.0 Å². The molecular weight excluding hydrogens is 462 g/mol. The lowest BCUT2D eigenvalue weighted by Gasteiger charge is -2.40. The van der Waals surface area contributed by atoms with Gasteiger partial charge in [0.25, 0.3) is 0 Å². The number of aliphatic imine (C=N–C) groups is 1. The van der Waals surface area contributed by atoms with E-state index < -0.39 is 23.6 Å². The highest BCUT2D eigenvalue weighted by Gasteiger charge is 2.33. The summed E-state index contributed by atoms with van der Waals surface area (Å²) in [5, 5.41) is 3.07. The molecule has 1 aliphatic rings. The summed E-state index contributed by atoms with van der Waals surface area (Å²) in [7, 11) is 5.16. The first-order valence-electron chi connectivity index (χ1n) is 11.4. The number of carbonyl (C=O) groups is 1. The molecule has 1 saturated heterocycles. The van der Waals surface area contributed by atoms with Crippen molar-refractivity contribution in [2.75, 3.05) is 53.9 Å². The number of alkyl halides is 3. The molecule has 0 bridgehead atoms. The summed E-state index contributed by atoms with van der Waals surface area (Å²) in [5.74, 6) is -0.312. The van der Waals surface area contributed by atoms with Gasteiger partial charge in [-0.25, -0.2) is 4.39 Å². The van der Waals surface area contributed by atoms with E-state index in [1.165, 1.54) is 4.90 Å². The highest BCUT2D eigenvalue weighted by Crippen LogP contribution is 2.31. The normalized spacial score (nSPS) is 16.2. The quantitative estimate of drug-likeness (QED) is 0.381. The Morgan fingerprint density at radius 3 is 2.34 bits per heavy atom. The number of nitrogens with one attached hydrogen (secondary N) is 1. The van der Waals surface area contributed by atoms with Crippen LogP contribution in [-0.2, 0) is 17.4 Å². The van der Waals surface area contributed by atoms with E-state index in [1.807, 2.05) is 37.4 Å². The third-order valence-electron chi connectivity index (χ3n) is 6.16. The van der Waals surface area contributed by atoms with Crippen LogP contribution in [0.2, 0.25) is 0 Å². The van der Waals surface area contributed by atoms with Gasteiger partial charge in [0.05, 0.1) is 5.56 Å². The van der Waals surface area contributed by atoms with E-state index in [-0.39, 0.29) is 24.4 Å². The third kappa shape index (κ3) is 6.72. The van der Waals surface area contributed by atoms with Gasteiger partial charge in [-0.15, -0.1) is 0 Å². The number of piperazine rings is 1. The molecule has 1 heterocycles. The van der Waals surface area contributed by atoms with Crippen LogP contribution in [0.3, 0.4) is 0 Å². The number of rotatable bonds is 6. The fraction of sp³-hybridized carbons (Fsp3) is 0.440. The molecule has 0 aliphatic carbocycles. The van der Waals surface area contributed by atoms with E-state index in [0.717, 1.165) is 23.7 Å². The first-order chi connectivity index (χ1) is 16.6. The van der Waals surface area contributed by atoms with Crippen LogP contribution in [0.25, 0.3) is 0 Å². The summed E-state index contributed by atoms with van der Waals surface area (Å²) in [6.07, 6.45) is -4.52. The molecule has 1 unspecified atom stereocenters. The van der Waals surface area contributed by atoms with E-state index in [2.05, 4.69) is 20.1 Å². The van der Waals surface area contributed by atoms with Crippen molar-refractivity contribution in [3.05, 3.63) is 71.0 Å². The zero-order valence-corrected chi connectivity index (χ0v) is 20.1. The van der Waals surface area contributed by atoms with Gasteiger partial charge >= 0.3 is 6.18 Å². The first kappa shape index (κ1) is 26.5. The molecule has 10 heteroatoms. The summed E-state index contributed by atoms with van der Waals surface area (Å²) in [6, 6.07) is 11.4. The summed E-state index contributed by atoms with van der Waals surface area (Å²) >= 11 is 0. The van der Waals surface area contributed by atoms with Gasteiger partial charge in [-0.05, 0) is 35.7 Å². The number of amides is 1. The van der Waals surface area contributed by atoms with Gasteiger partial charge in [-0.2, -0.15) is 13.2 Å². The smallest absolute Gasteiger partial charge is 0.359 e. The molecule has 3 rings (SSSR count). The summed E-state index contributed by atoms with van der Waals surface area (Å²) in [4.78, 5) is 23.5. The molecule has 2 aromatic carbocycles. The Bertz CT molecular complexity index is 1020. The average Bonchev–Trinajstić information content (AvgIpc) is 2.84. The Labute approximate surface area is 203 Å². The molecule has 190 valence electrons. The predicted octanol–water partition coefficient (Wildman–Crippen LogP) is 3.41. The number of guanidine groups is 1. The van der Waals surface area contributed by atoms with Gasteiger partial charge in [0.15, 0.2) is 5.96 Å². The molecule has 1 N–H and O–H groups in total. The second-order valence-electron chi connectivity index (χ2n) is 8.49. The van der Waals surface area contributed by atoms with Crippen molar-refractivity contribution >= 4 is 11.9 Å². The van der Waals surface area contributed by atoms with Crippen molar-refractivity contribution in [1.29, 1.82) is 0 Å².